The molecule has 0 aliphatic heterocycles. The van der Waals surface area contributed by atoms with Crippen LogP contribution in [0.5, 0.6) is 0 Å². The van der Waals surface area contributed by atoms with E-state index in [0.717, 1.165) is 29.6 Å². The number of hydrogen-bond donors (Lipinski definition) is 1. The summed E-state index contributed by atoms with van der Waals surface area (Å²) in [6.45, 7) is 2.23. The van der Waals surface area contributed by atoms with Gasteiger partial charge in [0.1, 0.15) is 0 Å². The average Bonchev–Trinajstić information content (AvgIpc) is 2.27. The van der Waals surface area contributed by atoms with Gasteiger partial charge in [0.05, 0.1) is 0 Å². The van der Waals surface area contributed by atoms with Gasteiger partial charge >= 0.3 is 0 Å². The molecule has 0 radical (unpaired) electrons. The summed E-state index contributed by atoms with van der Waals surface area (Å²) >= 11 is 0. The first-order chi connectivity index (χ1) is 6.25. The molecule has 3 fully saturated rings. The molecule has 0 aromatic heterocycles. The highest BCUT2D eigenvalue weighted by atomic mass is 14.7. The van der Waals surface area contributed by atoms with Crippen LogP contribution in [-0.4, -0.2) is 6.04 Å². The second-order valence-electron chi connectivity index (χ2n) is 5.77. The summed E-state index contributed by atoms with van der Waals surface area (Å²) in [6, 6.07) is 0.455. The van der Waals surface area contributed by atoms with Gasteiger partial charge in [0.2, 0.25) is 0 Å². The minimum absolute atomic E-state index is 0.455. The first-order valence-electron chi connectivity index (χ1n) is 6.01. The van der Waals surface area contributed by atoms with Crippen LogP contribution in [0.4, 0.5) is 0 Å². The molecule has 3 aliphatic rings. The molecule has 3 saturated carbocycles. The van der Waals surface area contributed by atoms with Gasteiger partial charge < -0.3 is 5.73 Å². The molecule has 74 valence electrons. The van der Waals surface area contributed by atoms with Gasteiger partial charge in [-0.1, -0.05) is 0 Å². The van der Waals surface area contributed by atoms with E-state index < -0.39 is 0 Å². The summed E-state index contributed by atoms with van der Waals surface area (Å²) in [5, 5.41) is 0. The smallest absolute Gasteiger partial charge is 0.00441 e. The Bertz CT molecular complexity index is 211. The third kappa shape index (κ3) is 1.09. The number of nitrogens with two attached hydrogens (primary N) is 1. The van der Waals surface area contributed by atoms with Crippen LogP contribution in [-0.2, 0) is 0 Å². The molecule has 0 unspecified atom stereocenters. The third-order valence-corrected chi connectivity index (χ3v) is 5.04. The Labute approximate surface area is 81.1 Å². The molecule has 0 heterocycles. The summed E-state index contributed by atoms with van der Waals surface area (Å²) in [5.41, 5.74) is 6.14. The van der Waals surface area contributed by atoms with Crippen molar-refractivity contribution >= 4 is 0 Å². The lowest BCUT2D eigenvalue weighted by atomic mass is 9.62. The molecule has 3 aliphatic carbocycles. The maximum absolute atomic E-state index is 6.14. The second-order valence-corrected chi connectivity index (χ2v) is 5.77. The lowest BCUT2D eigenvalue weighted by molar-refractivity contribution is 0.0663. The molecule has 13 heavy (non-hydrogen) atoms. The monoisotopic (exact) mass is 179 g/mol. The highest BCUT2D eigenvalue weighted by Gasteiger charge is 2.50. The van der Waals surface area contributed by atoms with E-state index in [1.165, 1.54) is 25.7 Å². The van der Waals surface area contributed by atoms with Gasteiger partial charge in [0, 0.05) is 6.04 Å². The van der Waals surface area contributed by atoms with Crippen molar-refractivity contribution in [2.45, 2.75) is 45.1 Å². The van der Waals surface area contributed by atoms with Crippen molar-refractivity contribution in [3.8, 4) is 0 Å². The van der Waals surface area contributed by atoms with E-state index in [2.05, 4.69) is 6.92 Å². The minimum Gasteiger partial charge on any atom is -0.328 e. The van der Waals surface area contributed by atoms with E-state index in [1.54, 1.807) is 6.42 Å². The molecule has 0 aromatic carbocycles. The summed E-state index contributed by atoms with van der Waals surface area (Å²) in [4.78, 5) is 0. The van der Waals surface area contributed by atoms with Crippen molar-refractivity contribution in [2.24, 2.45) is 35.3 Å². The Balaban J connectivity index is 1.90. The molecule has 1 nitrogen and oxygen atoms in total. The van der Waals surface area contributed by atoms with Crippen LogP contribution in [0.3, 0.4) is 0 Å². The first kappa shape index (κ1) is 8.28. The standard InChI is InChI=1S/C12H21N/c1-7(13)12-10-3-2-9-4-8(5-10)6-11(9)12/h7-12H,2-6,13H2,1H3/t7-,8-,9+,10-,11+,12-/m1/s1. The van der Waals surface area contributed by atoms with E-state index in [9.17, 15) is 0 Å². The highest BCUT2D eigenvalue weighted by Crippen LogP contribution is 2.58. The minimum atomic E-state index is 0.455. The molecule has 3 bridgehead atoms. The lowest BCUT2D eigenvalue weighted by Gasteiger charge is -2.44. The SMILES string of the molecule is C[C@@H](N)[C@@H]1[C@@H]2CC[C@H]3C[C@H](C2)C[C@@H]31. The quantitative estimate of drug-likeness (QED) is 0.657. The molecular weight excluding hydrogens is 158 g/mol. The third-order valence-electron chi connectivity index (χ3n) is 5.04. The molecule has 0 spiro atoms. The van der Waals surface area contributed by atoms with Gasteiger partial charge in [0.15, 0.2) is 0 Å². The summed E-state index contributed by atoms with van der Waals surface area (Å²) < 4.78 is 0. The van der Waals surface area contributed by atoms with Gasteiger partial charge in [-0.05, 0) is 68.6 Å². The Hall–Kier alpha value is -0.0400. The zero-order chi connectivity index (χ0) is 9.00. The van der Waals surface area contributed by atoms with Crippen LogP contribution in [0.2, 0.25) is 0 Å². The van der Waals surface area contributed by atoms with Crippen molar-refractivity contribution < 1.29 is 0 Å². The molecule has 6 atom stereocenters. The van der Waals surface area contributed by atoms with Gasteiger partial charge in [-0.25, -0.2) is 0 Å². The van der Waals surface area contributed by atoms with Crippen LogP contribution in [0.25, 0.3) is 0 Å². The van der Waals surface area contributed by atoms with Gasteiger partial charge in [-0.15, -0.1) is 0 Å². The summed E-state index contributed by atoms with van der Waals surface area (Å²) in [7, 11) is 0. The Morgan fingerprint density at radius 2 is 1.77 bits per heavy atom. The number of hydrogen-bond acceptors (Lipinski definition) is 1. The zero-order valence-electron chi connectivity index (χ0n) is 8.58. The summed E-state index contributed by atoms with van der Waals surface area (Å²) in [6.07, 6.45) is 7.59. The number of fused-ring (bicyclic) bond motifs is 2. The number of rotatable bonds is 1. The first-order valence-corrected chi connectivity index (χ1v) is 6.01. The van der Waals surface area contributed by atoms with E-state index in [4.69, 9.17) is 5.73 Å². The largest absolute Gasteiger partial charge is 0.328 e. The molecule has 2 N–H and O–H groups in total. The Morgan fingerprint density at radius 3 is 2.54 bits per heavy atom. The van der Waals surface area contributed by atoms with Crippen LogP contribution >= 0.6 is 0 Å². The molecule has 1 heteroatoms. The highest BCUT2D eigenvalue weighted by molar-refractivity contribution is 5.01. The summed E-state index contributed by atoms with van der Waals surface area (Å²) in [5.74, 6) is 5.08. The van der Waals surface area contributed by atoms with Crippen LogP contribution in [0.1, 0.15) is 39.0 Å². The van der Waals surface area contributed by atoms with Crippen molar-refractivity contribution in [1.29, 1.82) is 0 Å². The topological polar surface area (TPSA) is 26.0 Å². The Morgan fingerprint density at radius 1 is 1.08 bits per heavy atom. The van der Waals surface area contributed by atoms with E-state index >= 15 is 0 Å². The van der Waals surface area contributed by atoms with Crippen LogP contribution < -0.4 is 5.73 Å². The van der Waals surface area contributed by atoms with Crippen molar-refractivity contribution in [3.63, 3.8) is 0 Å². The van der Waals surface area contributed by atoms with Crippen LogP contribution in [0.15, 0.2) is 0 Å². The lowest BCUT2D eigenvalue weighted by Crippen LogP contribution is -2.43. The van der Waals surface area contributed by atoms with Gasteiger partial charge in [-0.3, -0.25) is 0 Å². The average molecular weight is 179 g/mol. The maximum atomic E-state index is 6.14. The van der Waals surface area contributed by atoms with E-state index in [0.29, 0.717) is 6.04 Å². The van der Waals surface area contributed by atoms with Crippen molar-refractivity contribution in [1.82, 2.24) is 0 Å². The normalized spacial score (nSPS) is 55.4. The fourth-order valence-corrected chi connectivity index (χ4v) is 4.76. The second kappa shape index (κ2) is 2.73. The predicted octanol–water partition coefficient (Wildman–Crippen LogP) is 2.41. The van der Waals surface area contributed by atoms with E-state index in [1.807, 2.05) is 0 Å². The van der Waals surface area contributed by atoms with Gasteiger partial charge in [0.25, 0.3) is 0 Å². The molecule has 0 saturated heterocycles. The van der Waals surface area contributed by atoms with Crippen molar-refractivity contribution in [2.75, 3.05) is 0 Å². The maximum Gasteiger partial charge on any atom is 0.00441 e. The predicted molar refractivity (Wildman–Crippen MR) is 54.2 cm³/mol. The molecule has 0 amide bonds. The fourth-order valence-electron chi connectivity index (χ4n) is 4.76. The zero-order valence-corrected chi connectivity index (χ0v) is 8.58. The Kier molecular flexibility index (Phi) is 1.74. The van der Waals surface area contributed by atoms with Crippen molar-refractivity contribution in [3.05, 3.63) is 0 Å². The molecular formula is C12H21N. The van der Waals surface area contributed by atoms with Gasteiger partial charge in [-0.2, -0.15) is 0 Å². The molecule has 3 rings (SSSR count). The molecule has 0 aromatic rings. The van der Waals surface area contributed by atoms with E-state index in [-0.39, 0.29) is 0 Å². The van der Waals surface area contributed by atoms with Crippen LogP contribution in [0, 0.1) is 29.6 Å². The fraction of sp³-hybridized carbons (Fsp3) is 1.00.